The molecule has 1 saturated heterocycles. The number of methoxy groups -OCH3 is 1. The van der Waals surface area contributed by atoms with Crippen LogP contribution < -0.4 is 4.90 Å². The summed E-state index contributed by atoms with van der Waals surface area (Å²) in [5.41, 5.74) is 3.78. The van der Waals surface area contributed by atoms with E-state index >= 15 is 0 Å². The van der Waals surface area contributed by atoms with Gasteiger partial charge < -0.3 is 9.64 Å². The minimum atomic E-state index is -0.602. The van der Waals surface area contributed by atoms with Crippen molar-refractivity contribution in [1.29, 1.82) is 10.5 Å². The summed E-state index contributed by atoms with van der Waals surface area (Å²) in [5.74, 6) is 0.230. The van der Waals surface area contributed by atoms with Gasteiger partial charge in [0, 0.05) is 30.9 Å². The number of aromatic nitrogens is 1. The van der Waals surface area contributed by atoms with Crippen molar-refractivity contribution >= 4 is 17.9 Å². The smallest absolute Gasteiger partial charge is 0.330 e. The van der Waals surface area contributed by atoms with E-state index in [1.165, 1.54) is 30.9 Å². The Labute approximate surface area is 216 Å². The number of halogens is 1. The van der Waals surface area contributed by atoms with Crippen molar-refractivity contribution in [2.24, 2.45) is 5.92 Å². The van der Waals surface area contributed by atoms with E-state index < -0.39 is 5.82 Å². The number of anilines is 1. The highest BCUT2D eigenvalue weighted by molar-refractivity contribution is 5.86. The number of ether oxygens (including phenoxy) is 1. The van der Waals surface area contributed by atoms with E-state index in [1.54, 1.807) is 24.4 Å². The van der Waals surface area contributed by atoms with E-state index in [1.807, 2.05) is 18.2 Å². The molecular formula is C30H27FN4O2. The lowest BCUT2D eigenvalue weighted by Crippen LogP contribution is -2.35. The molecule has 3 aromatic rings. The van der Waals surface area contributed by atoms with Crippen LogP contribution in [-0.4, -0.2) is 31.2 Å². The normalized spacial score (nSPS) is 13.8. The standard InChI is InChI=1S/C30H27FN4O2/c1-37-29(36)11-8-22-4-2-21(3-5-22)6-7-23-13-16-35(17-14-23)30-27(20-33)26(12-15-34-30)24-9-10-25(19-32)28(31)18-24/h2-5,8-12,15,18,23H,6-7,13-14,16-17H2,1H3/b11-8+. The first-order valence-electron chi connectivity index (χ1n) is 12.2. The molecule has 0 spiro atoms. The highest BCUT2D eigenvalue weighted by Crippen LogP contribution is 2.33. The van der Waals surface area contributed by atoms with Crippen molar-refractivity contribution in [3.05, 3.63) is 88.9 Å². The first-order valence-corrected chi connectivity index (χ1v) is 12.2. The van der Waals surface area contributed by atoms with Crippen LogP contribution in [0.2, 0.25) is 0 Å². The molecule has 4 rings (SSSR count). The van der Waals surface area contributed by atoms with Gasteiger partial charge in [0.1, 0.15) is 29.3 Å². The van der Waals surface area contributed by atoms with E-state index in [4.69, 9.17) is 5.26 Å². The van der Waals surface area contributed by atoms with Crippen molar-refractivity contribution in [3.8, 4) is 23.3 Å². The number of hydrogen-bond acceptors (Lipinski definition) is 6. The summed E-state index contributed by atoms with van der Waals surface area (Å²) in [4.78, 5) is 17.9. The Balaban J connectivity index is 1.37. The molecule has 37 heavy (non-hydrogen) atoms. The van der Waals surface area contributed by atoms with Crippen LogP contribution in [0.4, 0.5) is 10.2 Å². The monoisotopic (exact) mass is 494 g/mol. The molecule has 6 nitrogen and oxygen atoms in total. The van der Waals surface area contributed by atoms with Gasteiger partial charge in [-0.05, 0) is 72.6 Å². The minimum absolute atomic E-state index is 0.0232. The molecule has 0 atom stereocenters. The molecule has 1 aliphatic heterocycles. The predicted octanol–water partition coefficient (Wildman–Crippen LogP) is 5.67. The lowest BCUT2D eigenvalue weighted by molar-refractivity contribution is -0.134. The molecule has 0 N–H and O–H groups in total. The van der Waals surface area contributed by atoms with Crippen LogP contribution in [0.3, 0.4) is 0 Å². The largest absolute Gasteiger partial charge is 0.466 e. The molecule has 1 fully saturated rings. The first kappa shape index (κ1) is 25.6. The topological polar surface area (TPSA) is 90.0 Å². The highest BCUT2D eigenvalue weighted by Gasteiger charge is 2.23. The van der Waals surface area contributed by atoms with Crippen LogP contribution in [0.5, 0.6) is 0 Å². The molecule has 2 heterocycles. The number of hydrogen-bond donors (Lipinski definition) is 0. The number of pyridine rings is 1. The van der Waals surface area contributed by atoms with Gasteiger partial charge in [-0.2, -0.15) is 10.5 Å². The van der Waals surface area contributed by atoms with Gasteiger partial charge in [0.05, 0.1) is 12.7 Å². The number of benzene rings is 2. The van der Waals surface area contributed by atoms with Crippen molar-refractivity contribution < 1.29 is 13.9 Å². The maximum atomic E-state index is 14.2. The molecule has 186 valence electrons. The Morgan fingerprint density at radius 1 is 1.14 bits per heavy atom. The zero-order chi connectivity index (χ0) is 26.2. The van der Waals surface area contributed by atoms with Crippen molar-refractivity contribution in [1.82, 2.24) is 4.98 Å². The van der Waals surface area contributed by atoms with Gasteiger partial charge in [-0.3, -0.25) is 0 Å². The zero-order valence-electron chi connectivity index (χ0n) is 20.7. The third-order valence-electron chi connectivity index (χ3n) is 6.79. The van der Waals surface area contributed by atoms with Gasteiger partial charge in [-0.15, -0.1) is 0 Å². The summed E-state index contributed by atoms with van der Waals surface area (Å²) in [7, 11) is 1.36. The van der Waals surface area contributed by atoms with Gasteiger partial charge in [0.15, 0.2) is 0 Å². The summed E-state index contributed by atoms with van der Waals surface area (Å²) in [6.45, 7) is 1.60. The van der Waals surface area contributed by atoms with Crippen molar-refractivity contribution in [2.45, 2.75) is 25.7 Å². The maximum absolute atomic E-state index is 14.2. The van der Waals surface area contributed by atoms with Gasteiger partial charge >= 0.3 is 5.97 Å². The zero-order valence-corrected chi connectivity index (χ0v) is 20.7. The molecule has 0 aliphatic carbocycles. The summed E-state index contributed by atoms with van der Waals surface area (Å²) in [5, 5.41) is 18.9. The Morgan fingerprint density at radius 3 is 2.54 bits per heavy atom. The van der Waals surface area contributed by atoms with E-state index in [0.29, 0.717) is 28.4 Å². The second-order valence-corrected chi connectivity index (χ2v) is 9.04. The molecule has 0 radical (unpaired) electrons. The average Bonchev–Trinajstić information content (AvgIpc) is 2.95. The second-order valence-electron chi connectivity index (χ2n) is 9.04. The Kier molecular flexibility index (Phi) is 8.28. The SMILES string of the molecule is COC(=O)/C=C/c1ccc(CCC2CCN(c3nccc(-c4ccc(C#N)c(F)c4)c3C#N)CC2)cc1. The molecule has 0 unspecified atom stereocenters. The van der Waals surface area contributed by atoms with Crippen LogP contribution >= 0.6 is 0 Å². The number of piperidine rings is 1. The third-order valence-corrected chi connectivity index (χ3v) is 6.79. The fourth-order valence-electron chi connectivity index (χ4n) is 4.65. The number of carbonyl (C=O) groups excluding carboxylic acids is 1. The Bertz CT molecular complexity index is 1380. The minimum Gasteiger partial charge on any atom is -0.466 e. The predicted molar refractivity (Wildman–Crippen MR) is 140 cm³/mol. The van der Waals surface area contributed by atoms with Crippen LogP contribution in [0.25, 0.3) is 17.2 Å². The van der Waals surface area contributed by atoms with Gasteiger partial charge in [0.25, 0.3) is 0 Å². The molecule has 0 amide bonds. The van der Waals surface area contributed by atoms with E-state index in [-0.39, 0.29) is 11.5 Å². The number of carbonyl (C=O) groups is 1. The summed E-state index contributed by atoms with van der Waals surface area (Å²) in [6, 6.07) is 18.4. The molecular weight excluding hydrogens is 467 g/mol. The Morgan fingerprint density at radius 2 is 1.89 bits per heavy atom. The van der Waals surface area contributed by atoms with Crippen LogP contribution in [-0.2, 0) is 16.0 Å². The molecule has 1 aliphatic rings. The molecule has 0 saturated carbocycles. The lowest BCUT2D eigenvalue weighted by atomic mass is 9.90. The number of aryl methyl sites for hydroxylation is 1. The van der Waals surface area contributed by atoms with E-state index in [9.17, 15) is 14.4 Å². The summed E-state index contributed by atoms with van der Waals surface area (Å²) < 4.78 is 18.8. The summed E-state index contributed by atoms with van der Waals surface area (Å²) in [6.07, 6.45) is 8.86. The number of rotatable bonds is 7. The third kappa shape index (κ3) is 6.20. The quantitative estimate of drug-likeness (QED) is 0.311. The molecule has 2 aromatic carbocycles. The van der Waals surface area contributed by atoms with Gasteiger partial charge in [-0.1, -0.05) is 30.3 Å². The van der Waals surface area contributed by atoms with Crippen molar-refractivity contribution in [2.75, 3.05) is 25.1 Å². The fourth-order valence-corrected chi connectivity index (χ4v) is 4.65. The number of esters is 1. The lowest BCUT2D eigenvalue weighted by Gasteiger charge is -2.33. The van der Waals surface area contributed by atoms with E-state index in [2.05, 4.69) is 32.8 Å². The Hall–Kier alpha value is -4.49. The van der Waals surface area contributed by atoms with Crippen LogP contribution in [0.1, 0.15) is 41.5 Å². The van der Waals surface area contributed by atoms with Crippen LogP contribution in [0, 0.1) is 34.4 Å². The number of nitriles is 2. The first-order chi connectivity index (χ1) is 18.0. The number of nitrogens with zero attached hydrogens (tertiary/aromatic N) is 4. The van der Waals surface area contributed by atoms with Crippen molar-refractivity contribution in [3.63, 3.8) is 0 Å². The molecule has 0 bridgehead atoms. The second kappa shape index (κ2) is 12.0. The van der Waals surface area contributed by atoms with Crippen LogP contribution in [0.15, 0.2) is 60.8 Å². The van der Waals surface area contributed by atoms with Gasteiger partial charge in [0.2, 0.25) is 0 Å². The molecule has 1 aromatic heterocycles. The summed E-state index contributed by atoms with van der Waals surface area (Å²) >= 11 is 0. The van der Waals surface area contributed by atoms with E-state index in [0.717, 1.165) is 44.3 Å². The maximum Gasteiger partial charge on any atom is 0.330 e. The highest BCUT2D eigenvalue weighted by atomic mass is 19.1. The fraction of sp³-hybridized carbons (Fsp3) is 0.267. The molecule has 7 heteroatoms. The average molecular weight is 495 g/mol. The van der Waals surface area contributed by atoms with Gasteiger partial charge in [-0.25, -0.2) is 14.2 Å².